The highest BCUT2D eigenvalue weighted by Crippen LogP contribution is 2.38. The van der Waals surface area contributed by atoms with Gasteiger partial charge in [0, 0.05) is 13.0 Å². The summed E-state index contributed by atoms with van der Waals surface area (Å²) in [6, 6.07) is 24.7. The number of unbranched alkanes of at least 4 members (excludes halogenated alkanes) is 2. The van der Waals surface area contributed by atoms with Crippen LogP contribution in [-0.2, 0) is 36.6 Å². The van der Waals surface area contributed by atoms with E-state index in [9.17, 15) is 14.7 Å². The Morgan fingerprint density at radius 2 is 1.44 bits per heavy atom. The Morgan fingerprint density at radius 1 is 0.827 bits per heavy atom. The van der Waals surface area contributed by atoms with E-state index in [1.165, 1.54) is 98.8 Å². The molecule has 1 aliphatic carbocycles. The largest absolute Gasteiger partial charge is 0.462 e. The van der Waals surface area contributed by atoms with Gasteiger partial charge in [-0.15, -0.1) is 0 Å². The summed E-state index contributed by atoms with van der Waals surface area (Å²) in [7, 11) is 1.49. The highest BCUT2D eigenvalue weighted by molar-refractivity contribution is 5.89. The Hall–Kier alpha value is -4.00. The van der Waals surface area contributed by atoms with Gasteiger partial charge >= 0.3 is 11.9 Å². The molecule has 3 aromatic carbocycles. The molecule has 1 N–H and O–H groups in total. The second-order valence-electron chi connectivity index (χ2n) is 14.6. The van der Waals surface area contributed by atoms with Crippen molar-refractivity contribution in [3.63, 3.8) is 0 Å². The van der Waals surface area contributed by atoms with Crippen molar-refractivity contribution in [3.05, 3.63) is 108 Å². The molecule has 0 bridgehead atoms. The van der Waals surface area contributed by atoms with Crippen LogP contribution in [0, 0.1) is 11.8 Å². The van der Waals surface area contributed by atoms with E-state index in [1.54, 1.807) is 0 Å². The number of methoxy groups -OCH3 is 1. The molecule has 0 saturated heterocycles. The van der Waals surface area contributed by atoms with E-state index in [2.05, 4.69) is 93.7 Å². The summed E-state index contributed by atoms with van der Waals surface area (Å²) in [5, 5.41) is 9.70. The van der Waals surface area contributed by atoms with Crippen LogP contribution in [0.25, 0.3) is 22.3 Å². The van der Waals surface area contributed by atoms with E-state index in [4.69, 9.17) is 14.2 Å². The molecule has 1 fully saturated rings. The normalized spacial score (nSPS) is 16.9. The Morgan fingerprint density at radius 3 is 2.04 bits per heavy atom. The number of esters is 2. The molecule has 52 heavy (non-hydrogen) atoms. The van der Waals surface area contributed by atoms with Crippen molar-refractivity contribution in [2.45, 2.75) is 103 Å². The van der Waals surface area contributed by atoms with E-state index in [1.807, 2.05) is 0 Å². The number of benzene rings is 3. The molecular weight excluding hydrogens is 649 g/mol. The molecule has 4 rings (SSSR count). The van der Waals surface area contributed by atoms with E-state index in [-0.39, 0.29) is 36.9 Å². The summed E-state index contributed by atoms with van der Waals surface area (Å²) in [5.41, 5.74) is 8.98. The van der Waals surface area contributed by atoms with Crippen molar-refractivity contribution in [3.8, 4) is 22.3 Å². The van der Waals surface area contributed by atoms with Gasteiger partial charge in [0.1, 0.15) is 0 Å². The lowest BCUT2D eigenvalue weighted by Crippen LogP contribution is -2.24. The van der Waals surface area contributed by atoms with Gasteiger partial charge in [-0.3, -0.25) is 0 Å². The Kier molecular flexibility index (Phi) is 16.4. The summed E-state index contributed by atoms with van der Waals surface area (Å²) in [6.07, 6.45) is 12.1. The molecule has 6 nitrogen and oxygen atoms in total. The van der Waals surface area contributed by atoms with Crippen LogP contribution in [0.2, 0.25) is 0 Å². The van der Waals surface area contributed by atoms with Gasteiger partial charge in [-0.1, -0.05) is 119 Å². The molecule has 2 atom stereocenters. The number of carbonyl (C=O) groups is 2. The Balaban J connectivity index is 1.37. The van der Waals surface area contributed by atoms with E-state index < -0.39 is 18.0 Å². The first kappa shape index (κ1) is 40.8. The maximum atomic E-state index is 12.4. The van der Waals surface area contributed by atoms with Crippen molar-refractivity contribution in [1.82, 2.24) is 0 Å². The summed E-state index contributed by atoms with van der Waals surface area (Å²) in [5.74, 6) is 0.162. The van der Waals surface area contributed by atoms with Crippen molar-refractivity contribution >= 4 is 11.9 Å². The Bertz CT molecular complexity index is 1590. The molecular formula is C46H60O6. The third-order valence-corrected chi connectivity index (χ3v) is 10.6. The monoisotopic (exact) mass is 708 g/mol. The van der Waals surface area contributed by atoms with Crippen molar-refractivity contribution in [2.24, 2.45) is 11.8 Å². The number of rotatable bonds is 20. The zero-order valence-corrected chi connectivity index (χ0v) is 32.0. The number of aryl methyl sites for hydroxylation is 2. The van der Waals surface area contributed by atoms with Gasteiger partial charge in [0.15, 0.2) is 0 Å². The van der Waals surface area contributed by atoms with Gasteiger partial charge in [-0.25, -0.2) is 9.59 Å². The third kappa shape index (κ3) is 12.0. The zero-order valence-electron chi connectivity index (χ0n) is 32.0. The second kappa shape index (κ2) is 20.9. The van der Waals surface area contributed by atoms with Crippen molar-refractivity contribution < 1.29 is 28.9 Å². The van der Waals surface area contributed by atoms with Gasteiger partial charge in [0.2, 0.25) is 0 Å². The highest BCUT2D eigenvalue weighted by atomic mass is 16.5. The molecule has 0 radical (unpaired) electrons. The molecule has 280 valence electrons. The average molecular weight is 709 g/mol. The lowest BCUT2D eigenvalue weighted by Gasteiger charge is -2.29. The fourth-order valence-electron chi connectivity index (χ4n) is 7.21. The molecule has 2 unspecified atom stereocenters. The quantitative estimate of drug-likeness (QED) is 0.0715. The first-order valence-electron chi connectivity index (χ1n) is 19.3. The van der Waals surface area contributed by atoms with Gasteiger partial charge in [0.05, 0.1) is 37.1 Å². The number of hydrogen-bond donors (Lipinski definition) is 1. The van der Waals surface area contributed by atoms with Crippen LogP contribution in [0.4, 0.5) is 0 Å². The molecule has 3 aromatic rings. The maximum Gasteiger partial charge on any atom is 0.336 e. The smallest absolute Gasteiger partial charge is 0.336 e. The predicted octanol–water partition coefficient (Wildman–Crippen LogP) is 10.2. The Labute approximate surface area is 312 Å². The third-order valence-electron chi connectivity index (χ3n) is 10.6. The van der Waals surface area contributed by atoms with Crippen LogP contribution in [0.3, 0.4) is 0 Å². The maximum absolute atomic E-state index is 12.4. The van der Waals surface area contributed by atoms with Crippen LogP contribution in [0.15, 0.2) is 91.0 Å². The lowest BCUT2D eigenvalue weighted by molar-refractivity contribution is -0.145. The average Bonchev–Trinajstić information content (AvgIpc) is 3.17. The van der Waals surface area contributed by atoms with E-state index >= 15 is 0 Å². The van der Waals surface area contributed by atoms with Crippen molar-refractivity contribution in [1.29, 1.82) is 0 Å². The van der Waals surface area contributed by atoms with E-state index in [0.29, 0.717) is 18.8 Å². The number of aliphatic hydroxyl groups excluding tert-OH is 1. The van der Waals surface area contributed by atoms with Crippen LogP contribution in [0.5, 0.6) is 0 Å². The van der Waals surface area contributed by atoms with Gasteiger partial charge in [0.25, 0.3) is 0 Å². The molecule has 1 saturated carbocycles. The number of ether oxygens (including phenoxy) is 3. The van der Waals surface area contributed by atoms with Gasteiger partial charge in [-0.05, 0) is 103 Å². The topological polar surface area (TPSA) is 82.1 Å². The molecule has 0 heterocycles. The van der Waals surface area contributed by atoms with Gasteiger partial charge in [-0.2, -0.15) is 0 Å². The van der Waals surface area contributed by atoms with Crippen LogP contribution >= 0.6 is 0 Å². The minimum absolute atomic E-state index is 0.0148. The summed E-state index contributed by atoms with van der Waals surface area (Å²) < 4.78 is 15.9. The molecule has 0 aromatic heterocycles. The minimum atomic E-state index is -1.01. The summed E-state index contributed by atoms with van der Waals surface area (Å²) >= 11 is 0. The molecule has 6 heteroatoms. The minimum Gasteiger partial charge on any atom is -0.462 e. The van der Waals surface area contributed by atoms with Crippen molar-refractivity contribution in [2.75, 3.05) is 26.9 Å². The van der Waals surface area contributed by atoms with Crippen LogP contribution < -0.4 is 0 Å². The molecule has 0 amide bonds. The first-order valence-corrected chi connectivity index (χ1v) is 19.3. The molecule has 0 aliphatic heterocycles. The predicted molar refractivity (Wildman–Crippen MR) is 211 cm³/mol. The first-order chi connectivity index (χ1) is 25.1. The van der Waals surface area contributed by atoms with E-state index in [0.717, 1.165) is 17.9 Å². The number of aliphatic hydroxyl groups is 1. The zero-order chi connectivity index (χ0) is 37.5. The summed E-state index contributed by atoms with van der Waals surface area (Å²) in [4.78, 5) is 24.7. The van der Waals surface area contributed by atoms with Crippen LogP contribution in [-0.4, -0.2) is 50.1 Å². The fourth-order valence-corrected chi connectivity index (χ4v) is 7.21. The standard InChI is InChI=1S/C46H60O6/c1-7-9-10-11-35-14-17-39(18-15-35)40-19-21-41(22-20-40)42-23-25-43(26-24-42)44-27-16-36(28-38(44)8-2)12-13-37(30-51-45(48)32(3)29-50-6)31-52-46(49)33(4)34(5)47/h16,19-28,34-35,37,39,47H,3-4,7-15,17-18,29-31H2,1-2,5-6H3. The lowest BCUT2D eigenvalue weighted by atomic mass is 9.77. The SMILES string of the molecule is C=C(COC)C(=O)OCC(CCc1ccc(-c2ccc(-c3ccc(C4CCC(CCCCC)CC4)cc3)cc2)c(CC)c1)COC(=O)C(=C)C(C)O. The fraction of sp³-hybridized carbons (Fsp3) is 0.478. The number of hydrogen-bond acceptors (Lipinski definition) is 6. The van der Waals surface area contributed by atoms with Crippen LogP contribution in [0.1, 0.15) is 101 Å². The second-order valence-corrected chi connectivity index (χ2v) is 14.6. The highest BCUT2D eigenvalue weighted by Gasteiger charge is 2.23. The van der Waals surface area contributed by atoms with Gasteiger partial charge < -0.3 is 19.3 Å². The molecule has 1 aliphatic rings. The summed E-state index contributed by atoms with van der Waals surface area (Å²) in [6.45, 7) is 13.4. The number of carbonyl (C=O) groups excluding carboxylic acids is 2. The molecule has 0 spiro atoms.